The van der Waals surface area contributed by atoms with Gasteiger partial charge in [0, 0.05) is 10.0 Å². The van der Waals surface area contributed by atoms with E-state index in [1.807, 2.05) is 0 Å². The predicted molar refractivity (Wildman–Crippen MR) is 82.8 cm³/mol. The minimum absolute atomic E-state index is 0.159. The summed E-state index contributed by atoms with van der Waals surface area (Å²) in [5, 5.41) is 0. The average Bonchev–Trinajstić information content (AvgIpc) is 2.54. The first-order chi connectivity index (χ1) is 10.5. The first-order valence-corrected chi connectivity index (χ1v) is 7.17. The minimum Gasteiger partial charge on any atom is -0.493 e. The highest BCUT2D eigenvalue weighted by Crippen LogP contribution is 2.30. The monoisotopic (exact) mass is 368 g/mol. The van der Waals surface area contributed by atoms with Gasteiger partial charge in [0.05, 0.1) is 19.8 Å². The molecule has 0 heterocycles. The van der Waals surface area contributed by atoms with E-state index in [9.17, 15) is 9.18 Å². The molecule has 6 heteroatoms. The van der Waals surface area contributed by atoms with Gasteiger partial charge in [0.2, 0.25) is 0 Å². The number of methoxy groups -OCH3 is 2. The van der Waals surface area contributed by atoms with Gasteiger partial charge in [-0.05, 0) is 36.4 Å². The van der Waals surface area contributed by atoms with Gasteiger partial charge in [-0.1, -0.05) is 15.9 Å². The molecule has 4 nitrogen and oxygen atoms in total. The van der Waals surface area contributed by atoms with Crippen LogP contribution in [0.4, 0.5) is 4.39 Å². The maximum atomic E-state index is 13.2. The summed E-state index contributed by atoms with van der Waals surface area (Å²) in [4.78, 5) is 11.5. The fourth-order valence-corrected chi connectivity index (χ4v) is 2.20. The lowest BCUT2D eigenvalue weighted by Crippen LogP contribution is -2.03. The molecule has 0 atom stereocenters. The number of carbonyl (C=O) groups is 1. The van der Waals surface area contributed by atoms with Crippen molar-refractivity contribution in [3.63, 3.8) is 0 Å². The molecule has 0 aliphatic heterocycles. The van der Waals surface area contributed by atoms with Gasteiger partial charge in [0.1, 0.15) is 12.4 Å². The molecule has 2 aromatic rings. The van der Waals surface area contributed by atoms with Crippen molar-refractivity contribution in [1.29, 1.82) is 0 Å². The molecule has 0 aliphatic carbocycles. The van der Waals surface area contributed by atoms with Crippen molar-refractivity contribution >= 4 is 21.9 Å². The third kappa shape index (κ3) is 3.76. The van der Waals surface area contributed by atoms with Crippen LogP contribution in [0.1, 0.15) is 15.9 Å². The molecule has 22 heavy (non-hydrogen) atoms. The Morgan fingerprint density at radius 2 is 1.91 bits per heavy atom. The van der Waals surface area contributed by atoms with Crippen molar-refractivity contribution in [2.45, 2.75) is 6.61 Å². The number of benzene rings is 2. The fourth-order valence-electron chi connectivity index (χ4n) is 1.84. The highest BCUT2D eigenvalue weighted by molar-refractivity contribution is 9.10. The highest BCUT2D eigenvalue weighted by Gasteiger charge is 2.12. The van der Waals surface area contributed by atoms with Crippen molar-refractivity contribution in [3.05, 3.63) is 57.8 Å². The van der Waals surface area contributed by atoms with Gasteiger partial charge >= 0.3 is 5.97 Å². The molecule has 0 radical (unpaired) electrons. The van der Waals surface area contributed by atoms with E-state index >= 15 is 0 Å². The Hall–Kier alpha value is -2.08. The Labute approximate surface area is 135 Å². The molecule has 0 N–H and O–H groups in total. The van der Waals surface area contributed by atoms with Gasteiger partial charge in [0.25, 0.3) is 0 Å². The smallest absolute Gasteiger partial charge is 0.337 e. The van der Waals surface area contributed by atoms with Crippen molar-refractivity contribution in [2.24, 2.45) is 0 Å². The van der Waals surface area contributed by atoms with Crippen molar-refractivity contribution in [3.8, 4) is 11.5 Å². The lowest BCUT2D eigenvalue weighted by molar-refractivity contribution is 0.0600. The van der Waals surface area contributed by atoms with Crippen LogP contribution in [0.25, 0.3) is 0 Å². The van der Waals surface area contributed by atoms with E-state index in [1.165, 1.54) is 32.4 Å². The van der Waals surface area contributed by atoms with Crippen LogP contribution in [0.2, 0.25) is 0 Å². The van der Waals surface area contributed by atoms with Gasteiger partial charge < -0.3 is 14.2 Å². The van der Waals surface area contributed by atoms with Crippen molar-refractivity contribution in [1.82, 2.24) is 0 Å². The standard InChI is InChI=1S/C16H14BrFO4/c1-20-15-8-10(16(19)21-2)3-6-14(15)22-9-11-7-12(18)4-5-13(11)17/h3-8H,9H2,1-2H3. The van der Waals surface area contributed by atoms with Gasteiger partial charge in [0.15, 0.2) is 11.5 Å². The molecule has 0 spiro atoms. The molecule has 0 unspecified atom stereocenters. The van der Waals surface area contributed by atoms with E-state index in [0.717, 1.165) is 4.47 Å². The van der Waals surface area contributed by atoms with E-state index < -0.39 is 5.97 Å². The molecule has 0 aliphatic rings. The number of hydrogen-bond donors (Lipinski definition) is 0. The van der Waals surface area contributed by atoms with Crippen LogP contribution in [0.3, 0.4) is 0 Å². The van der Waals surface area contributed by atoms with Crippen LogP contribution in [-0.4, -0.2) is 20.2 Å². The first kappa shape index (κ1) is 16.3. The van der Waals surface area contributed by atoms with Crippen LogP contribution in [-0.2, 0) is 11.3 Å². The lowest BCUT2D eigenvalue weighted by Gasteiger charge is -2.12. The van der Waals surface area contributed by atoms with E-state index in [4.69, 9.17) is 9.47 Å². The Morgan fingerprint density at radius 1 is 1.14 bits per heavy atom. The Balaban J connectivity index is 2.19. The summed E-state index contributed by atoms with van der Waals surface area (Å²) in [5.41, 5.74) is 1.03. The highest BCUT2D eigenvalue weighted by atomic mass is 79.9. The van der Waals surface area contributed by atoms with E-state index in [0.29, 0.717) is 22.6 Å². The topological polar surface area (TPSA) is 44.8 Å². The SMILES string of the molecule is COC(=O)c1ccc(OCc2cc(F)ccc2Br)c(OC)c1. The zero-order chi connectivity index (χ0) is 16.1. The van der Waals surface area contributed by atoms with Crippen molar-refractivity contribution in [2.75, 3.05) is 14.2 Å². The average molecular weight is 369 g/mol. The molecule has 0 fully saturated rings. The quantitative estimate of drug-likeness (QED) is 0.749. The number of ether oxygens (including phenoxy) is 3. The van der Waals surface area contributed by atoms with Crippen LogP contribution in [0.15, 0.2) is 40.9 Å². The second kappa shape index (κ2) is 7.26. The van der Waals surface area contributed by atoms with E-state index in [2.05, 4.69) is 20.7 Å². The fraction of sp³-hybridized carbons (Fsp3) is 0.188. The molecule has 0 bridgehead atoms. The summed E-state index contributed by atoms with van der Waals surface area (Å²) >= 11 is 3.34. The summed E-state index contributed by atoms with van der Waals surface area (Å²) < 4.78 is 29.5. The third-order valence-electron chi connectivity index (χ3n) is 2.98. The van der Waals surface area contributed by atoms with E-state index in [1.54, 1.807) is 18.2 Å². The van der Waals surface area contributed by atoms with E-state index in [-0.39, 0.29) is 12.4 Å². The van der Waals surface area contributed by atoms with Gasteiger partial charge in [-0.3, -0.25) is 0 Å². The molecule has 116 valence electrons. The summed E-state index contributed by atoms with van der Waals surface area (Å²) in [6.45, 7) is 0.159. The second-order valence-electron chi connectivity index (χ2n) is 4.38. The molecular formula is C16H14BrFO4. The first-order valence-electron chi connectivity index (χ1n) is 6.38. The number of halogens is 2. The van der Waals surface area contributed by atoms with Crippen LogP contribution < -0.4 is 9.47 Å². The molecule has 0 saturated carbocycles. The zero-order valence-corrected chi connectivity index (χ0v) is 13.6. The number of rotatable bonds is 5. The Morgan fingerprint density at radius 3 is 2.59 bits per heavy atom. The normalized spacial score (nSPS) is 10.2. The Kier molecular flexibility index (Phi) is 5.38. The summed E-state index contributed by atoms with van der Waals surface area (Å²) in [5.74, 6) is 0.0502. The third-order valence-corrected chi connectivity index (χ3v) is 3.75. The van der Waals surface area contributed by atoms with Crippen LogP contribution in [0.5, 0.6) is 11.5 Å². The number of carbonyl (C=O) groups excluding carboxylic acids is 1. The van der Waals surface area contributed by atoms with Crippen molar-refractivity contribution < 1.29 is 23.4 Å². The molecule has 0 saturated heterocycles. The number of esters is 1. The molecule has 2 aromatic carbocycles. The van der Waals surface area contributed by atoms with Gasteiger partial charge in [-0.2, -0.15) is 0 Å². The summed E-state index contributed by atoms with van der Waals surface area (Å²) in [7, 11) is 2.78. The Bertz CT molecular complexity index is 688. The maximum Gasteiger partial charge on any atom is 0.337 e. The maximum absolute atomic E-state index is 13.2. The molecule has 2 rings (SSSR count). The lowest BCUT2D eigenvalue weighted by atomic mass is 10.2. The largest absolute Gasteiger partial charge is 0.493 e. The molecule has 0 amide bonds. The van der Waals surface area contributed by atoms with Crippen LogP contribution in [0, 0.1) is 5.82 Å². The number of hydrogen-bond acceptors (Lipinski definition) is 4. The zero-order valence-electron chi connectivity index (χ0n) is 12.1. The van der Waals surface area contributed by atoms with Gasteiger partial charge in [-0.15, -0.1) is 0 Å². The van der Waals surface area contributed by atoms with Crippen LogP contribution >= 0.6 is 15.9 Å². The molecule has 0 aromatic heterocycles. The van der Waals surface area contributed by atoms with Gasteiger partial charge in [-0.25, -0.2) is 9.18 Å². The summed E-state index contributed by atoms with van der Waals surface area (Å²) in [6, 6.07) is 9.08. The predicted octanol–water partition coefficient (Wildman–Crippen LogP) is 3.96. The summed E-state index contributed by atoms with van der Waals surface area (Å²) in [6.07, 6.45) is 0. The molecular weight excluding hydrogens is 355 g/mol. The second-order valence-corrected chi connectivity index (χ2v) is 5.24. The minimum atomic E-state index is -0.460.